The SMILES string of the molecule is CCS(=O)(=O)N1CCc2cc(C(=O)CSc3n[nH]c(-c4cccs4)n3)ccc21. The van der Waals surface area contributed by atoms with E-state index in [9.17, 15) is 13.2 Å². The summed E-state index contributed by atoms with van der Waals surface area (Å²) in [5, 5.41) is 9.53. The number of carbonyl (C=O) groups is 1. The molecule has 0 unspecified atom stereocenters. The first kappa shape index (κ1) is 19.2. The number of nitrogens with zero attached hydrogens (tertiary/aromatic N) is 3. The summed E-state index contributed by atoms with van der Waals surface area (Å²) in [6.45, 7) is 2.07. The van der Waals surface area contributed by atoms with Crippen LogP contribution in [-0.4, -0.2) is 47.4 Å². The van der Waals surface area contributed by atoms with Crippen molar-refractivity contribution in [1.82, 2.24) is 15.2 Å². The molecule has 28 heavy (non-hydrogen) atoms. The highest BCUT2D eigenvalue weighted by atomic mass is 32.2. The fraction of sp³-hybridized carbons (Fsp3) is 0.278. The second-order valence-corrected chi connectivity index (χ2v) is 10.3. The van der Waals surface area contributed by atoms with Crippen LogP contribution in [0.3, 0.4) is 0 Å². The lowest BCUT2D eigenvalue weighted by molar-refractivity contribution is 0.102. The molecule has 0 atom stereocenters. The normalized spacial score (nSPS) is 13.7. The molecule has 0 fully saturated rings. The number of anilines is 1. The number of rotatable bonds is 7. The number of thioether (sulfide) groups is 1. The van der Waals surface area contributed by atoms with Gasteiger partial charge in [-0.1, -0.05) is 17.8 Å². The number of thiophene rings is 1. The number of ketones is 1. The number of aromatic amines is 1. The minimum Gasteiger partial charge on any atom is -0.293 e. The van der Waals surface area contributed by atoms with Crippen molar-refractivity contribution in [3.05, 3.63) is 46.8 Å². The molecule has 1 aromatic carbocycles. The summed E-state index contributed by atoms with van der Waals surface area (Å²) >= 11 is 2.85. The molecule has 0 aliphatic carbocycles. The average Bonchev–Trinajstić information content (AvgIpc) is 3.45. The second kappa shape index (κ2) is 7.69. The number of hydrogen-bond acceptors (Lipinski definition) is 7. The Hall–Kier alpha value is -2.17. The minimum atomic E-state index is -3.28. The van der Waals surface area contributed by atoms with Crippen molar-refractivity contribution < 1.29 is 13.2 Å². The summed E-state index contributed by atoms with van der Waals surface area (Å²) in [5.41, 5.74) is 2.15. The Balaban J connectivity index is 1.44. The molecule has 0 amide bonds. The van der Waals surface area contributed by atoms with E-state index < -0.39 is 10.0 Å². The standard InChI is InChI=1S/C18H18N4O3S3/c1-2-28(24,25)22-8-7-12-10-13(5-6-14(12)22)15(23)11-27-18-19-17(20-21-18)16-4-3-9-26-16/h3-6,9-10H,2,7-8,11H2,1H3,(H,19,20,21). The van der Waals surface area contributed by atoms with Gasteiger partial charge >= 0.3 is 0 Å². The van der Waals surface area contributed by atoms with Crippen LogP contribution >= 0.6 is 23.1 Å². The monoisotopic (exact) mass is 434 g/mol. The first-order chi connectivity index (χ1) is 13.5. The van der Waals surface area contributed by atoms with Gasteiger partial charge in [-0.05, 0) is 48.6 Å². The molecule has 2 aromatic heterocycles. The molecule has 4 rings (SSSR count). The zero-order valence-electron chi connectivity index (χ0n) is 15.1. The summed E-state index contributed by atoms with van der Waals surface area (Å²) in [7, 11) is -3.28. The van der Waals surface area contributed by atoms with Crippen LogP contribution in [0.25, 0.3) is 10.7 Å². The number of Topliss-reactive ketones (excluding diaryl/α,β-unsaturated/α-hetero) is 1. The molecule has 0 radical (unpaired) electrons. The highest BCUT2D eigenvalue weighted by molar-refractivity contribution is 7.99. The van der Waals surface area contributed by atoms with Crippen molar-refractivity contribution >= 4 is 44.6 Å². The van der Waals surface area contributed by atoms with E-state index in [1.54, 1.807) is 36.5 Å². The Morgan fingerprint density at radius 3 is 2.96 bits per heavy atom. The zero-order valence-corrected chi connectivity index (χ0v) is 17.5. The first-order valence-corrected chi connectivity index (χ1v) is 12.2. The number of carbonyl (C=O) groups excluding carboxylic acids is 1. The van der Waals surface area contributed by atoms with Crippen LogP contribution in [0.15, 0.2) is 40.9 Å². The zero-order chi connectivity index (χ0) is 19.7. The molecule has 3 aromatic rings. The topological polar surface area (TPSA) is 96.0 Å². The van der Waals surface area contributed by atoms with E-state index in [1.165, 1.54) is 16.1 Å². The number of hydrogen-bond donors (Lipinski definition) is 1. The van der Waals surface area contributed by atoms with E-state index in [2.05, 4.69) is 15.2 Å². The van der Waals surface area contributed by atoms with Gasteiger partial charge in [-0.25, -0.2) is 13.4 Å². The number of fused-ring (bicyclic) bond motifs is 1. The highest BCUT2D eigenvalue weighted by Gasteiger charge is 2.28. The Morgan fingerprint density at radius 1 is 1.36 bits per heavy atom. The summed E-state index contributed by atoms with van der Waals surface area (Å²) < 4.78 is 25.8. The lowest BCUT2D eigenvalue weighted by Crippen LogP contribution is -2.30. The van der Waals surface area contributed by atoms with Gasteiger partial charge in [0.25, 0.3) is 0 Å². The average molecular weight is 435 g/mol. The minimum absolute atomic E-state index is 0.0351. The van der Waals surface area contributed by atoms with Crippen molar-refractivity contribution in [3.8, 4) is 10.7 Å². The number of nitrogens with one attached hydrogen (secondary N) is 1. The third-order valence-corrected chi connectivity index (χ3v) is 8.01. The van der Waals surface area contributed by atoms with Gasteiger partial charge in [-0.3, -0.25) is 14.2 Å². The molecule has 1 aliphatic rings. The van der Waals surface area contributed by atoms with E-state index >= 15 is 0 Å². The Labute approximate surface area is 171 Å². The highest BCUT2D eigenvalue weighted by Crippen LogP contribution is 2.32. The molecule has 7 nitrogen and oxygen atoms in total. The number of aromatic nitrogens is 3. The van der Waals surface area contributed by atoms with Crippen LogP contribution in [-0.2, 0) is 16.4 Å². The van der Waals surface area contributed by atoms with Crippen molar-refractivity contribution in [3.63, 3.8) is 0 Å². The maximum atomic E-state index is 12.6. The Kier molecular flexibility index (Phi) is 5.26. The van der Waals surface area contributed by atoms with Gasteiger partial charge in [0.05, 0.1) is 22.1 Å². The van der Waals surface area contributed by atoms with Crippen molar-refractivity contribution in [1.29, 1.82) is 0 Å². The van der Waals surface area contributed by atoms with Gasteiger partial charge in [-0.15, -0.1) is 16.4 Å². The van der Waals surface area contributed by atoms with Gasteiger partial charge in [0.1, 0.15) is 0 Å². The quantitative estimate of drug-likeness (QED) is 0.453. The number of sulfonamides is 1. The molecule has 3 heterocycles. The predicted octanol–water partition coefficient (Wildman–Crippen LogP) is 3.22. The first-order valence-electron chi connectivity index (χ1n) is 8.73. The van der Waals surface area contributed by atoms with Crippen LogP contribution in [0.2, 0.25) is 0 Å². The smallest absolute Gasteiger partial charge is 0.234 e. The lowest BCUT2D eigenvalue weighted by atomic mass is 10.1. The fourth-order valence-corrected chi connectivity index (χ4v) is 5.55. The van der Waals surface area contributed by atoms with Crippen molar-refractivity contribution in [2.45, 2.75) is 18.5 Å². The molecule has 0 saturated heterocycles. The fourth-order valence-electron chi connectivity index (χ4n) is 3.04. The summed E-state index contributed by atoms with van der Waals surface area (Å²) in [6, 6.07) is 9.13. The predicted molar refractivity (Wildman–Crippen MR) is 112 cm³/mol. The molecular formula is C18H18N4O3S3. The van der Waals surface area contributed by atoms with E-state index in [-0.39, 0.29) is 17.3 Å². The molecular weight excluding hydrogens is 416 g/mol. The maximum Gasteiger partial charge on any atom is 0.234 e. The van der Waals surface area contributed by atoms with Gasteiger partial charge in [0, 0.05) is 12.1 Å². The van der Waals surface area contributed by atoms with Crippen LogP contribution < -0.4 is 4.31 Å². The van der Waals surface area contributed by atoms with Crippen molar-refractivity contribution in [2.75, 3.05) is 22.4 Å². The maximum absolute atomic E-state index is 12.6. The van der Waals surface area contributed by atoms with E-state index in [1.807, 2.05) is 17.5 Å². The number of H-pyrrole nitrogens is 1. The molecule has 146 valence electrons. The number of benzene rings is 1. The van der Waals surface area contributed by atoms with E-state index in [0.717, 1.165) is 10.4 Å². The Bertz CT molecular complexity index is 1110. The summed E-state index contributed by atoms with van der Waals surface area (Å²) in [4.78, 5) is 18.0. The van der Waals surface area contributed by atoms with Crippen molar-refractivity contribution in [2.24, 2.45) is 0 Å². The van der Waals surface area contributed by atoms with Gasteiger partial charge in [0.2, 0.25) is 15.2 Å². The van der Waals surface area contributed by atoms with Crippen LogP contribution in [0.4, 0.5) is 5.69 Å². The largest absolute Gasteiger partial charge is 0.293 e. The second-order valence-electron chi connectivity index (χ2n) is 6.22. The molecule has 0 saturated carbocycles. The third kappa shape index (κ3) is 3.71. The molecule has 10 heteroatoms. The van der Waals surface area contributed by atoms with E-state index in [4.69, 9.17) is 0 Å². The van der Waals surface area contributed by atoms with Gasteiger partial charge < -0.3 is 0 Å². The lowest BCUT2D eigenvalue weighted by Gasteiger charge is -2.18. The molecule has 1 N–H and O–H groups in total. The summed E-state index contributed by atoms with van der Waals surface area (Å²) in [5.74, 6) is 0.942. The third-order valence-electron chi connectivity index (χ3n) is 4.51. The van der Waals surface area contributed by atoms with Crippen LogP contribution in [0.1, 0.15) is 22.8 Å². The molecule has 1 aliphatic heterocycles. The van der Waals surface area contributed by atoms with Crippen LogP contribution in [0, 0.1) is 0 Å². The van der Waals surface area contributed by atoms with E-state index in [0.29, 0.717) is 35.2 Å². The molecule has 0 bridgehead atoms. The van der Waals surface area contributed by atoms with Gasteiger partial charge in [0.15, 0.2) is 11.6 Å². The van der Waals surface area contributed by atoms with Gasteiger partial charge in [-0.2, -0.15) is 0 Å². The summed E-state index contributed by atoms with van der Waals surface area (Å²) in [6.07, 6.45) is 0.619. The Morgan fingerprint density at radius 2 is 2.21 bits per heavy atom. The molecule has 0 spiro atoms. The van der Waals surface area contributed by atoms with Crippen LogP contribution in [0.5, 0.6) is 0 Å².